The lowest BCUT2D eigenvalue weighted by molar-refractivity contribution is -0.142. The Balaban J connectivity index is 1.99. The normalized spacial score (nSPS) is 17.9. The molecule has 2 amide bonds. The third-order valence-electron chi connectivity index (χ3n) is 5.77. The third kappa shape index (κ3) is 7.62. The quantitative estimate of drug-likeness (QED) is 0.338. The second-order valence-electron chi connectivity index (χ2n) is 9.44. The van der Waals surface area contributed by atoms with Gasteiger partial charge in [-0.1, -0.05) is 37.0 Å². The summed E-state index contributed by atoms with van der Waals surface area (Å²) in [6.07, 6.45) is -1.47. The van der Waals surface area contributed by atoms with E-state index in [-0.39, 0.29) is 38.8 Å². The zero-order valence-corrected chi connectivity index (χ0v) is 23.6. The Labute approximate surface area is 234 Å². The molecule has 0 bridgehead atoms. The molecule has 1 aromatic heterocycles. The van der Waals surface area contributed by atoms with Crippen LogP contribution in [-0.4, -0.2) is 51.3 Å². The van der Waals surface area contributed by atoms with Crippen molar-refractivity contribution in [3.05, 3.63) is 63.4 Å². The lowest BCUT2D eigenvalue weighted by atomic mass is 10.0. The number of hydrazine groups is 1. The van der Waals surface area contributed by atoms with Crippen LogP contribution in [0.25, 0.3) is 0 Å². The van der Waals surface area contributed by atoms with Crippen molar-refractivity contribution in [3.8, 4) is 0 Å². The van der Waals surface area contributed by atoms with Gasteiger partial charge in [0.2, 0.25) is 0 Å². The highest BCUT2D eigenvalue weighted by molar-refractivity contribution is 7.91. The van der Waals surface area contributed by atoms with E-state index in [1.807, 2.05) is 0 Å². The van der Waals surface area contributed by atoms with Crippen molar-refractivity contribution >= 4 is 56.3 Å². The SMILES string of the molecule is Cc1cc(Cl)cc(C(=O)NC(CS(C)(=N)=O)C(C)C)c1NC(=O)C1=CC(C(F)(F)F)NN1c1ncccc1Cl. The number of hydrogen-bond donors (Lipinski definition) is 4. The summed E-state index contributed by atoms with van der Waals surface area (Å²) in [5.74, 6) is -2.05. The first-order valence-electron chi connectivity index (χ1n) is 11.6. The number of nitrogens with one attached hydrogen (secondary N) is 4. The molecule has 9 nitrogen and oxygen atoms in total. The zero-order chi connectivity index (χ0) is 29.3. The van der Waals surface area contributed by atoms with Crippen molar-refractivity contribution < 1.29 is 27.0 Å². The largest absolute Gasteiger partial charge is 0.409 e. The Morgan fingerprint density at radius 1 is 1.26 bits per heavy atom. The number of aryl methyl sites for hydroxylation is 1. The van der Waals surface area contributed by atoms with Crippen LogP contribution >= 0.6 is 23.2 Å². The number of carbonyl (C=O) groups excluding carboxylic acids is 2. The van der Waals surface area contributed by atoms with Crippen molar-refractivity contribution in [1.29, 1.82) is 4.78 Å². The summed E-state index contributed by atoms with van der Waals surface area (Å²) >= 11 is 12.3. The highest BCUT2D eigenvalue weighted by atomic mass is 35.5. The Bertz CT molecular complexity index is 1420. The summed E-state index contributed by atoms with van der Waals surface area (Å²) in [4.78, 5) is 30.7. The highest BCUT2D eigenvalue weighted by Gasteiger charge is 2.45. The number of carbonyl (C=O) groups is 2. The summed E-state index contributed by atoms with van der Waals surface area (Å²) in [7, 11) is -2.95. The lowest BCUT2D eigenvalue weighted by Crippen LogP contribution is -2.46. The van der Waals surface area contributed by atoms with Crippen molar-refractivity contribution in [2.24, 2.45) is 5.92 Å². The van der Waals surface area contributed by atoms with Gasteiger partial charge >= 0.3 is 6.18 Å². The molecule has 3 atom stereocenters. The Hall–Kier alpha value is -2.87. The molecule has 1 aromatic carbocycles. The Kier molecular flexibility index (Phi) is 9.20. The molecule has 2 heterocycles. The predicted molar refractivity (Wildman–Crippen MR) is 145 cm³/mol. The summed E-state index contributed by atoms with van der Waals surface area (Å²) in [5.41, 5.74) is 2.06. The van der Waals surface area contributed by atoms with Crippen LogP contribution in [-0.2, 0) is 14.5 Å². The molecule has 212 valence electrons. The number of halogens is 5. The van der Waals surface area contributed by atoms with E-state index in [1.165, 1.54) is 36.7 Å². The van der Waals surface area contributed by atoms with Gasteiger partial charge in [0.1, 0.15) is 11.7 Å². The maximum Gasteiger partial charge on any atom is 0.409 e. The molecule has 0 spiro atoms. The number of hydrogen-bond acceptors (Lipinski definition) is 7. The number of alkyl halides is 3. The maximum absolute atomic E-state index is 13.6. The molecular weight excluding hydrogens is 580 g/mol. The minimum absolute atomic E-state index is 0.00381. The van der Waals surface area contributed by atoms with Gasteiger partial charge in [0.05, 0.1) is 22.0 Å². The van der Waals surface area contributed by atoms with E-state index < -0.39 is 45.5 Å². The second-order valence-corrected chi connectivity index (χ2v) is 12.6. The van der Waals surface area contributed by atoms with Gasteiger partial charge < -0.3 is 10.6 Å². The molecule has 0 fully saturated rings. The number of amides is 2. The van der Waals surface area contributed by atoms with Crippen LogP contribution in [0.2, 0.25) is 10.0 Å². The van der Waals surface area contributed by atoms with Crippen LogP contribution in [0, 0.1) is 17.6 Å². The fraction of sp³-hybridized carbons (Fsp3) is 0.375. The van der Waals surface area contributed by atoms with Gasteiger partial charge in [-0.15, -0.1) is 0 Å². The van der Waals surface area contributed by atoms with E-state index in [0.717, 1.165) is 5.01 Å². The number of pyridine rings is 1. The zero-order valence-electron chi connectivity index (χ0n) is 21.3. The molecule has 3 unspecified atom stereocenters. The van der Waals surface area contributed by atoms with Gasteiger partial charge in [-0.3, -0.25) is 23.6 Å². The maximum atomic E-state index is 13.6. The van der Waals surface area contributed by atoms with Crippen LogP contribution in [0.5, 0.6) is 0 Å². The van der Waals surface area contributed by atoms with Crippen LogP contribution in [0.15, 0.2) is 42.2 Å². The topological polar surface area (TPSA) is 127 Å². The molecule has 3 rings (SSSR count). The first-order chi connectivity index (χ1) is 18.0. The van der Waals surface area contributed by atoms with Crippen molar-refractivity contribution in [3.63, 3.8) is 0 Å². The molecule has 2 aromatic rings. The molecule has 0 saturated heterocycles. The standard InChI is InChI=1S/C24H27Cl2F3N6O3S/c1-12(2)17(11-39(4,30)38)32-22(36)15-9-14(25)8-13(3)20(15)33-23(37)18-10-19(24(27,28)29)34-35(18)21-16(26)6-5-7-31-21/h5-10,12,17,19,30,34H,11H2,1-4H3,(H,32,36)(H,33,37). The van der Waals surface area contributed by atoms with E-state index in [2.05, 4.69) is 21.0 Å². The highest BCUT2D eigenvalue weighted by Crippen LogP contribution is 2.34. The molecule has 0 aliphatic carbocycles. The van der Waals surface area contributed by atoms with Gasteiger partial charge in [-0.2, -0.15) is 13.2 Å². The monoisotopic (exact) mass is 606 g/mol. The Morgan fingerprint density at radius 3 is 2.49 bits per heavy atom. The number of anilines is 2. The van der Waals surface area contributed by atoms with Gasteiger partial charge in [0.25, 0.3) is 11.8 Å². The van der Waals surface area contributed by atoms with Gasteiger partial charge in [0.15, 0.2) is 5.82 Å². The molecular formula is C24H27Cl2F3N6O3S. The van der Waals surface area contributed by atoms with E-state index in [4.69, 9.17) is 28.0 Å². The van der Waals surface area contributed by atoms with Crippen LogP contribution in [0.3, 0.4) is 0 Å². The fourth-order valence-electron chi connectivity index (χ4n) is 3.80. The Morgan fingerprint density at radius 2 is 1.92 bits per heavy atom. The van der Waals surface area contributed by atoms with E-state index >= 15 is 0 Å². The second kappa shape index (κ2) is 11.7. The van der Waals surface area contributed by atoms with Crippen LogP contribution in [0.1, 0.15) is 29.8 Å². The molecule has 0 radical (unpaired) electrons. The lowest BCUT2D eigenvalue weighted by Gasteiger charge is -2.25. The molecule has 1 aliphatic heterocycles. The minimum atomic E-state index is -4.73. The molecule has 4 N–H and O–H groups in total. The molecule has 39 heavy (non-hydrogen) atoms. The van der Waals surface area contributed by atoms with Crippen molar-refractivity contribution in [2.75, 3.05) is 22.3 Å². The molecule has 15 heteroatoms. The molecule has 0 saturated carbocycles. The number of benzene rings is 1. The van der Waals surface area contributed by atoms with Gasteiger partial charge in [-0.05, 0) is 48.7 Å². The van der Waals surface area contributed by atoms with Crippen LogP contribution in [0.4, 0.5) is 24.7 Å². The average molecular weight is 607 g/mol. The van der Waals surface area contributed by atoms with Crippen molar-refractivity contribution in [2.45, 2.75) is 39.0 Å². The molecule has 1 aliphatic rings. The number of nitrogens with zero attached hydrogens (tertiary/aromatic N) is 2. The summed E-state index contributed by atoms with van der Waals surface area (Å²) in [5, 5.41) is 6.27. The first-order valence-corrected chi connectivity index (χ1v) is 14.5. The smallest absolute Gasteiger partial charge is 0.348 e. The van der Waals surface area contributed by atoms with Crippen LogP contribution < -0.4 is 21.1 Å². The van der Waals surface area contributed by atoms with E-state index in [9.17, 15) is 27.0 Å². The summed E-state index contributed by atoms with van der Waals surface area (Å²) < 4.78 is 60.6. The number of rotatable bonds is 8. The van der Waals surface area contributed by atoms with Gasteiger partial charge in [0, 0.05) is 33.2 Å². The fourth-order valence-corrected chi connectivity index (χ4v) is 5.43. The van der Waals surface area contributed by atoms with Crippen molar-refractivity contribution in [1.82, 2.24) is 15.7 Å². The third-order valence-corrected chi connectivity index (χ3v) is 7.28. The first kappa shape index (κ1) is 30.7. The van der Waals surface area contributed by atoms with E-state index in [0.29, 0.717) is 11.6 Å². The van der Waals surface area contributed by atoms with E-state index in [1.54, 1.807) is 20.8 Å². The summed E-state index contributed by atoms with van der Waals surface area (Å²) in [6.45, 7) is 5.14. The number of aromatic nitrogens is 1. The summed E-state index contributed by atoms with van der Waals surface area (Å²) in [6, 6.07) is 2.83. The van der Waals surface area contributed by atoms with Gasteiger partial charge in [-0.25, -0.2) is 10.4 Å². The average Bonchev–Trinajstić information content (AvgIpc) is 3.25. The minimum Gasteiger partial charge on any atom is -0.348 e. The predicted octanol–water partition coefficient (Wildman–Crippen LogP) is 4.91.